The molecule has 1 aromatic rings. The van der Waals surface area contributed by atoms with Crippen molar-refractivity contribution in [2.75, 3.05) is 6.54 Å². The van der Waals surface area contributed by atoms with E-state index in [1.807, 2.05) is 12.1 Å². The molecule has 2 heteroatoms. The van der Waals surface area contributed by atoms with Crippen molar-refractivity contribution in [2.24, 2.45) is 5.92 Å². The molecule has 0 aliphatic heterocycles. The predicted molar refractivity (Wildman–Crippen MR) is 95.2 cm³/mol. The highest BCUT2D eigenvalue weighted by Gasteiger charge is 2.10. The maximum Gasteiger partial charge on any atom is 0.0406 e. The van der Waals surface area contributed by atoms with E-state index >= 15 is 0 Å². The summed E-state index contributed by atoms with van der Waals surface area (Å²) in [6, 6.07) is 8.91. The van der Waals surface area contributed by atoms with E-state index in [4.69, 9.17) is 11.6 Å². The standard InChI is InChI=1S/C19H32ClN/c1-4-5-6-7-8-9-18(15-21-16(2)3)14-17-10-12-19(20)13-11-17/h10-13,16,18,21H,4-9,14-15H2,1-3H3. The minimum Gasteiger partial charge on any atom is -0.314 e. The molecule has 0 aromatic heterocycles. The van der Waals surface area contributed by atoms with Crippen LogP contribution in [0.15, 0.2) is 24.3 Å². The molecule has 1 nitrogen and oxygen atoms in total. The zero-order valence-electron chi connectivity index (χ0n) is 14.0. The van der Waals surface area contributed by atoms with Crippen LogP contribution in [-0.4, -0.2) is 12.6 Å². The Hall–Kier alpha value is -0.530. The van der Waals surface area contributed by atoms with Gasteiger partial charge < -0.3 is 5.32 Å². The SMILES string of the molecule is CCCCCCCC(CNC(C)C)Cc1ccc(Cl)cc1. The normalized spacial score (nSPS) is 12.8. The number of hydrogen-bond acceptors (Lipinski definition) is 1. The Labute approximate surface area is 136 Å². The van der Waals surface area contributed by atoms with Crippen LogP contribution in [0.25, 0.3) is 0 Å². The van der Waals surface area contributed by atoms with Crippen LogP contribution in [0.5, 0.6) is 0 Å². The fourth-order valence-corrected chi connectivity index (χ4v) is 2.80. The molecule has 0 bridgehead atoms. The number of halogens is 1. The fraction of sp³-hybridized carbons (Fsp3) is 0.684. The predicted octanol–water partition coefficient (Wildman–Crippen LogP) is 5.86. The minimum atomic E-state index is 0.567. The number of nitrogens with one attached hydrogen (secondary N) is 1. The van der Waals surface area contributed by atoms with Crippen molar-refractivity contribution in [1.29, 1.82) is 0 Å². The van der Waals surface area contributed by atoms with Crippen LogP contribution in [0.2, 0.25) is 5.02 Å². The van der Waals surface area contributed by atoms with E-state index < -0.39 is 0 Å². The molecule has 21 heavy (non-hydrogen) atoms. The lowest BCUT2D eigenvalue weighted by molar-refractivity contribution is 0.404. The van der Waals surface area contributed by atoms with E-state index in [2.05, 4.69) is 38.2 Å². The van der Waals surface area contributed by atoms with Gasteiger partial charge in [0.15, 0.2) is 0 Å². The Kier molecular flexibility index (Phi) is 9.78. The first-order valence-electron chi connectivity index (χ1n) is 8.59. The second kappa shape index (κ2) is 11.1. The summed E-state index contributed by atoms with van der Waals surface area (Å²) in [6.45, 7) is 7.84. The van der Waals surface area contributed by atoms with Gasteiger partial charge in [0.2, 0.25) is 0 Å². The molecule has 0 fully saturated rings. The number of unbranched alkanes of at least 4 members (excludes halogenated alkanes) is 4. The van der Waals surface area contributed by atoms with E-state index in [1.54, 1.807) is 0 Å². The molecule has 0 aliphatic carbocycles. The molecule has 120 valence electrons. The van der Waals surface area contributed by atoms with Gasteiger partial charge in [-0.05, 0) is 43.0 Å². The summed E-state index contributed by atoms with van der Waals surface area (Å²) in [7, 11) is 0. The van der Waals surface area contributed by atoms with Gasteiger partial charge in [-0.1, -0.05) is 76.6 Å². The Morgan fingerprint density at radius 3 is 2.29 bits per heavy atom. The van der Waals surface area contributed by atoms with Crippen LogP contribution in [0, 0.1) is 5.92 Å². The molecule has 1 aromatic carbocycles. The van der Waals surface area contributed by atoms with Crippen LogP contribution in [0.3, 0.4) is 0 Å². The zero-order valence-corrected chi connectivity index (χ0v) is 14.8. The van der Waals surface area contributed by atoms with Crippen LogP contribution in [0.4, 0.5) is 0 Å². The second-order valence-corrected chi connectivity index (χ2v) is 6.90. The van der Waals surface area contributed by atoms with Crippen LogP contribution in [-0.2, 0) is 6.42 Å². The van der Waals surface area contributed by atoms with Crippen molar-refractivity contribution in [3.8, 4) is 0 Å². The molecule has 1 atom stereocenters. The highest BCUT2D eigenvalue weighted by Crippen LogP contribution is 2.18. The van der Waals surface area contributed by atoms with E-state index in [0.717, 1.165) is 23.9 Å². The second-order valence-electron chi connectivity index (χ2n) is 6.46. The number of rotatable bonds is 11. The molecule has 0 spiro atoms. The van der Waals surface area contributed by atoms with Gasteiger partial charge in [0.25, 0.3) is 0 Å². The Balaban J connectivity index is 2.41. The molecule has 0 heterocycles. The monoisotopic (exact) mass is 309 g/mol. The molecule has 0 radical (unpaired) electrons. The smallest absolute Gasteiger partial charge is 0.0406 e. The van der Waals surface area contributed by atoms with Crippen molar-refractivity contribution in [2.45, 2.75) is 71.8 Å². The number of benzene rings is 1. The Morgan fingerprint density at radius 2 is 1.67 bits per heavy atom. The highest BCUT2D eigenvalue weighted by molar-refractivity contribution is 6.30. The van der Waals surface area contributed by atoms with Crippen molar-refractivity contribution < 1.29 is 0 Å². The Bertz CT molecular complexity index is 358. The minimum absolute atomic E-state index is 0.567. The van der Waals surface area contributed by atoms with E-state index in [-0.39, 0.29) is 0 Å². The third-order valence-electron chi connectivity index (χ3n) is 3.97. The van der Waals surface area contributed by atoms with Gasteiger partial charge in [-0.2, -0.15) is 0 Å². The lowest BCUT2D eigenvalue weighted by atomic mass is 9.93. The summed E-state index contributed by atoms with van der Waals surface area (Å²) in [5, 5.41) is 4.43. The molecule has 1 N–H and O–H groups in total. The molecular weight excluding hydrogens is 278 g/mol. The zero-order chi connectivity index (χ0) is 15.5. The average molecular weight is 310 g/mol. The summed E-state index contributed by atoms with van der Waals surface area (Å²) in [5.41, 5.74) is 1.41. The van der Waals surface area contributed by atoms with Gasteiger partial charge in [-0.3, -0.25) is 0 Å². The third kappa shape index (κ3) is 9.16. The first-order chi connectivity index (χ1) is 10.1. The molecule has 0 saturated carbocycles. The summed E-state index contributed by atoms with van der Waals surface area (Å²) >= 11 is 5.97. The molecule has 1 unspecified atom stereocenters. The summed E-state index contributed by atoms with van der Waals surface area (Å²) < 4.78 is 0. The van der Waals surface area contributed by atoms with Gasteiger partial charge in [-0.25, -0.2) is 0 Å². The van der Waals surface area contributed by atoms with Gasteiger partial charge in [0.1, 0.15) is 0 Å². The van der Waals surface area contributed by atoms with Crippen LogP contribution < -0.4 is 5.32 Å². The van der Waals surface area contributed by atoms with E-state index in [0.29, 0.717) is 6.04 Å². The maximum absolute atomic E-state index is 5.97. The van der Waals surface area contributed by atoms with Gasteiger partial charge in [-0.15, -0.1) is 0 Å². The lowest BCUT2D eigenvalue weighted by Gasteiger charge is -2.19. The number of hydrogen-bond donors (Lipinski definition) is 1. The van der Waals surface area contributed by atoms with Gasteiger partial charge >= 0.3 is 0 Å². The van der Waals surface area contributed by atoms with Gasteiger partial charge in [0, 0.05) is 11.1 Å². The van der Waals surface area contributed by atoms with Crippen molar-refractivity contribution in [3.05, 3.63) is 34.9 Å². The lowest BCUT2D eigenvalue weighted by Crippen LogP contribution is -2.30. The Morgan fingerprint density at radius 1 is 1.00 bits per heavy atom. The first-order valence-corrected chi connectivity index (χ1v) is 8.97. The van der Waals surface area contributed by atoms with E-state index in [9.17, 15) is 0 Å². The first kappa shape index (κ1) is 18.5. The average Bonchev–Trinajstić information content (AvgIpc) is 2.46. The molecule has 0 amide bonds. The van der Waals surface area contributed by atoms with Gasteiger partial charge in [0.05, 0.1) is 0 Å². The van der Waals surface area contributed by atoms with Crippen molar-refractivity contribution in [3.63, 3.8) is 0 Å². The fourth-order valence-electron chi connectivity index (χ4n) is 2.67. The summed E-state index contributed by atoms with van der Waals surface area (Å²) in [4.78, 5) is 0. The largest absolute Gasteiger partial charge is 0.314 e. The highest BCUT2D eigenvalue weighted by atomic mass is 35.5. The molecule has 1 rings (SSSR count). The topological polar surface area (TPSA) is 12.0 Å². The summed E-state index contributed by atoms with van der Waals surface area (Å²) in [6.07, 6.45) is 9.32. The summed E-state index contributed by atoms with van der Waals surface area (Å²) in [5.74, 6) is 0.732. The molecule has 0 saturated heterocycles. The molecular formula is C19H32ClN. The van der Waals surface area contributed by atoms with E-state index in [1.165, 1.54) is 44.1 Å². The van der Waals surface area contributed by atoms with Crippen LogP contribution in [0.1, 0.15) is 64.9 Å². The maximum atomic E-state index is 5.97. The third-order valence-corrected chi connectivity index (χ3v) is 4.22. The van der Waals surface area contributed by atoms with Crippen molar-refractivity contribution >= 4 is 11.6 Å². The molecule has 0 aliphatic rings. The quantitative estimate of drug-likeness (QED) is 0.505. The van der Waals surface area contributed by atoms with Crippen LogP contribution >= 0.6 is 11.6 Å². The van der Waals surface area contributed by atoms with Crippen molar-refractivity contribution in [1.82, 2.24) is 5.32 Å².